The molecule has 0 atom stereocenters. The Hall–Kier alpha value is -2.96. The number of amides is 1. The summed E-state index contributed by atoms with van der Waals surface area (Å²) in [6, 6.07) is 9.83. The molecule has 2 aromatic rings. The van der Waals surface area contributed by atoms with Crippen LogP contribution in [0.3, 0.4) is 0 Å². The highest BCUT2D eigenvalue weighted by Gasteiger charge is 2.06. The van der Waals surface area contributed by atoms with Crippen molar-refractivity contribution in [1.29, 1.82) is 0 Å². The van der Waals surface area contributed by atoms with Crippen molar-refractivity contribution >= 4 is 11.6 Å². The predicted molar refractivity (Wildman–Crippen MR) is 77.5 cm³/mol. The molecular formula is C14H14N4O3. The summed E-state index contributed by atoms with van der Waals surface area (Å²) in [6.07, 6.45) is 0. The van der Waals surface area contributed by atoms with Gasteiger partial charge in [0.15, 0.2) is 5.69 Å². The first-order valence-corrected chi connectivity index (χ1v) is 6.15. The van der Waals surface area contributed by atoms with Gasteiger partial charge in [-0.15, -0.1) is 0 Å². The van der Waals surface area contributed by atoms with Crippen molar-refractivity contribution in [3.8, 4) is 5.75 Å². The van der Waals surface area contributed by atoms with Gasteiger partial charge in [0, 0.05) is 6.07 Å². The first-order chi connectivity index (χ1) is 10.1. The zero-order valence-electron chi connectivity index (χ0n) is 11.6. The number of nitrogens with zero attached hydrogens (tertiary/aromatic N) is 2. The lowest BCUT2D eigenvalue weighted by atomic mass is 10.1. The standard InChI is InChI=1S/C14H14N4O3/c1-9(10-3-5-11(21-2)6-4-10)15-18-14(20)12-7-8-13(19)17-16-12/h3-8H,1-2H3,(H,17,19)(H,18,20)/b15-9+. The number of hydrogen-bond acceptors (Lipinski definition) is 5. The Balaban J connectivity index is 2.06. The minimum atomic E-state index is -0.501. The number of methoxy groups -OCH3 is 1. The molecule has 1 aromatic heterocycles. The summed E-state index contributed by atoms with van der Waals surface area (Å²) in [7, 11) is 1.59. The van der Waals surface area contributed by atoms with Crippen molar-refractivity contribution in [2.24, 2.45) is 5.10 Å². The molecule has 0 unspecified atom stereocenters. The Morgan fingerprint density at radius 1 is 1.24 bits per heavy atom. The van der Waals surface area contributed by atoms with Crippen LogP contribution in [0.1, 0.15) is 23.0 Å². The molecule has 108 valence electrons. The smallest absolute Gasteiger partial charge is 0.291 e. The molecule has 0 radical (unpaired) electrons. The van der Waals surface area contributed by atoms with E-state index >= 15 is 0 Å². The van der Waals surface area contributed by atoms with E-state index in [2.05, 4.69) is 20.7 Å². The van der Waals surface area contributed by atoms with Crippen molar-refractivity contribution in [2.75, 3.05) is 7.11 Å². The van der Waals surface area contributed by atoms with Crippen LogP contribution >= 0.6 is 0 Å². The fraction of sp³-hybridized carbons (Fsp3) is 0.143. The van der Waals surface area contributed by atoms with Crippen LogP contribution in [-0.2, 0) is 0 Å². The highest BCUT2D eigenvalue weighted by molar-refractivity contribution is 6.00. The summed E-state index contributed by atoms with van der Waals surface area (Å²) in [6.45, 7) is 1.77. The Labute approximate surface area is 120 Å². The third-order valence-corrected chi connectivity index (χ3v) is 2.74. The van der Waals surface area contributed by atoms with Crippen molar-refractivity contribution < 1.29 is 9.53 Å². The van der Waals surface area contributed by atoms with Gasteiger partial charge in [-0.2, -0.15) is 10.2 Å². The van der Waals surface area contributed by atoms with Gasteiger partial charge in [-0.3, -0.25) is 9.59 Å². The second-order valence-corrected chi connectivity index (χ2v) is 4.17. The van der Waals surface area contributed by atoms with Gasteiger partial charge in [-0.05, 0) is 42.8 Å². The van der Waals surface area contributed by atoms with Crippen LogP contribution in [0, 0.1) is 0 Å². The van der Waals surface area contributed by atoms with Crippen molar-refractivity contribution in [3.63, 3.8) is 0 Å². The summed E-state index contributed by atoms with van der Waals surface area (Å²) in [4.78, 5) is 22.6. The van der Waals surface area contributed by atoms with E-state index in [1.165, 1.54) is 12.1 Å². The molecule has 0 spiro atoms. The van der Waals surface area contributed by atoms with Crippen LogP contribution in [0.4, 0.5) is 0 Å². The summed E-state index contributed by atoms with van der Waals surface area (Å²) in [5, 5.41) is 9.79. The van der Waals surface area contributed by atoms with Crippen LogP contribution < -0.4 is 15.7 Å². The highest BCUT2D eigenvalue weighted by atomic mass is 16.5. The maximum atomic E-state index is 11.8. The van der Waals surface area contributed by atoms with E-state index in [0.29, 0.717) is 5.71 Å². The highest BCUT2D eigenvalue weighted by Crippen LogP contribution is 2.11. The summed E-state index contributed by atoms with van der Waals surface area (Å²) >= 11 is 0. The van der Waals surface area contributed by atoms with Gasteiger partial charge in [0.05, 0.1) is 12.8 Å². The lowest BCUT2D eigenvalue weighted by Crippen LogP contribution is -2.22. The quantitative estimate of drug-likeness (QED) is 0.645. The Kier molecular flexibility index (Phi) is 4.45. The molecule has 0 bridgehead atoms. The van der Waals surface area contributed by atoms with Crippen LogP contribution in [0.25, 0.3) is 0 Å². The average molecular weight is 286 g/mol. The number of hydrazone groups is 1. The minimum absolute atomic E-state index is 0.0841. The van der Waals surface area contributed by atoms with Gasteiger partial charge in [0.25, 0.3) is 11.5 Å². The van der Waals surface area contributed by atoms with E-state index in [-0.39, 0.29) is 11.3 Å². The summed E-state index contributed by atoms with van der Waals surface area (Å²) in [5.41, 5.74) is 3.58. The van der Waals surface area contributed by atoms with Crippen LogP contribution in [0.15, 0.2) is 46.3 Å². The third-order valence-electron chi connectivity index (χ3n) is 2.74. The molecule has 0 aliphatic heterocycles. The zero-order valence-corrected chi connectivity index (χ0v) is 11.6. The molecule has 0 saturated carbocycles. The number of nitrogens with one attached hydrogen (secondary N) is 2. The molecule has 0 aliphatic carbocycles. The van der Waals surface area contributed by atoms with Crippen LogP contribution in [0.5, 0.6) is 5.75 Å². The van der Waals surface area contributed by atoms with Gasteiger partial charge < -0.3 is 4.74 Å². The second-order valence-electron chi connectivity index (χ2n) is 4.17. The number of aromatic amines is 1. The number of aromatic nitrogens is 2. The third kappa shape index (κ3) is 3.75. The Bertz CT molecular complexity index is 699. The SMILES string of the molecule is COc1ccc(/C(C)=N/NC(=O)c2ccc(=O)[nH]n2)cc1. The number of carbonyl (C=O) groups is 1. The maximum absolute atomic E-state index is 11.8. The number of benzene rings is 1. The molecule has 0 saturated heterocycles. The van der Waals surface area contributed by atoms with E-state index in [1.807, 2.05) is 12.1 Å². The molecule has 2 rings (SSSR count). The molecule has 2 N–H and O–H groups in total. The fourth-order valence-electron chi connectivity index (χ4n) is 1.56. The van der Waals surface area contributed by atoms with E-state index in [9.17, 15) is 9.59 Å². The maximum Gasteiger partial charge on any atom is 0.291 e. The number of hydrogen-bond donors (Lipinski definition) is 2. The number of H-pyrrole nitrogens is 1. The molecule has 0 aliphatic rings. The lowest BCUT2D eigenvalue weighted by Gasteiger charge is -2.04. The van der Waals surface area contributed by atoms with Gasteiger partial charge in [0.2, 0.25) is 0 Å². The average Bonchev–Trinajstić information content (AvgIpc) is 2.53. The monoisotopic (exact) mass is 286 g/mol. The molecular weight excluding hydrogens is 272 g/mol. The summed E-state index contributed by atoms with van der Waals surface area (Å²) in [5.74, 6) is 0.243. The lowest BCUT2D eigenvalue weighted by molar-refractivity contribution is 0.0948. The molecule has 1 amide bonds. The molecule has 1 heterocycles. The van der Waals surface area contributed by atoms with E-state index in [1.54, 1.807) is 26.2 Å². The number of carbonyl (C=O) groups excluding carboxylic acids is 1. The topological polar surface area (TPSA) is 96.4 Å². The first kappa shape index (κ1) is 14.4. The van der Waals surface area contributed by atoms with E-state index in [0.717, 1.165) is 11.3 Å². The van der Waals surface area contributed by atoms with Crippen LogP contribution in [-0.4, -0.2) is 28.9 Å². The van der Waals surface area contributed by atoms with Crippen molar-refractivity contribution in [2.45, 2.75) is 6.92 Å². The zero-order chi connectivity index (χ0) is 15.2. The molecule has 7 nitrogen and oxygen atoms in total. The molecule has 1 aromatic carbocycles. The first-order valence-electron chi connectivity index (χ1n) is 6.15. The summed E-state index contributed by atoms with van der Waals surface area (Å²) < 4.78 is 5.07. The van der Waals surface area contributed by atoms with Crippen molar-refractivity contribution in [1.82, 2.24) is 15.6 Å². The Morgan fingerprint density at radius 3 is 2.52 bits per heavy atom. The van der Waals surface area contributed by atoms with Gasteiger partial charge in [-0.25, -0.2) is 10.5 Å². The number of ether oxygens (including phenoxy) is 1. The van der Waals surface area contributed by atoms with Gasteiger partial charge >= 0.3 is 0 Å². The predicted octanol–water partition coefficient (Wildman–Crippen LogP) is 0.932. The van der Waals surface area contributed by atoms with Crippen LogP contribution in [0.2, 0.25) is 0 Å². The number of rotatable bonds is 4. The second kappa shape index (κ2) is 6.47. The molecule has 21 heavy (non-hydrogen) atoms. The van der Waals surface area contributed by atoms with Crippen molar-refractivity contribution in [3.05, 3.63) is 58.0 Å². The Morgan fingerprint density at radius 2 is 1.95 bits per heavy atom. The molecule has 0 fully saturated rings. The fourth-order valence-corrected chi connectivity index (χ4v) is 1.56. The normalized spacial score (nSPS) is 11.0. The van der Waals surface area contributed by atoms with E-state index in [4.69, 9.17) is 4.74 Å². The minimum Gasteiger partial charge on any atom is -0.497 e. The van der Waals surface area contributed by atoms with E-state index < -0.39 is 5.91 Å². The molecule has 7 heteroatoms. The largest absolute Gasteiger partial charge is 0.497 e. The van der Waals surface area contributed by atoms with Gasteiger partial charge in [-0.1, -0.05) is 0 Å². The van der Waals surface area contributed by atoms with Gasteiger partial charge in [0.1, 0.15) is 5.75 Å².